The van der Waals surface area contributed by atoms with Crippen LogP contribution in [0.15, 0.2) is 18.2 Å². The van der Waals surface area contributed by atoms with Gasteiger partial charge in [0.15, 0.2) is 11.5 Å². The molecular weight excluding hydrogens is 318 g/mol. The smallest absolute Gasteiger partial charge is 0.317 e. The number of benzene rings is 1. The molecule has 1 atom stereocenters. The Morgan fingerprint density at radius 2 is 2.28 bits per heavy atom. The number of fused-ring (bicyclic) bond motifs is 1. The van der Waals surface area contributed by atoms with Crippen LogP contribution >= 0.6 is 0 Å². The summed E-state index contributed by atoms with van der Waals surface area (Å²) in [5, 5.41) is 3.06. The molecular formula is C19H31N3O3. The number of methoxy groups -OCH3 is 1. The maximum atomic E-state index is 12.6. The molecule has 6 heteroatoms. The first kappa shape index (κ1) is 19.4. The van der Waals surface area contributed by atoms with E-state index in [9.17, 15) is 4.79 Å². The molecule has 1 aromatic rings. The molecule has 0 fully saturated rings. The maximum absolute atomic E-state index is 12.6. The Kier molecular flexibility index (Phi) is 7.37. The van der Waals surface area contributed by atoms with E-state index in [1.54, 1.807) is 7.11 Å². The van der Waals surface area contributed by atoms with E-state index < -0.39 is 0 Å². The van der Waals surface area contributed by atoms with E-state index in [1.165, 1.54) is 0 Å². The lowest BCUT2D eigenvalue weighted by molar-refractivity contribution is 0.178. The molecule has 6 nitrogen and oxygen atoms in total. The van der Waals surface area contributed by atoms with Crippen LogP contribution in [0.5, 0.6) is 11.5 Å². The predicted molar refractivity (Wildman–Crippen MR) is 99.3 cm³/mol. The van der Waals surface area contributed by atoms with Gasteiger partial charge >= 0.3 is 6.03 Å². The fourth-order valence-corrected chi connectivity index (χ4v) is 2.93. The first-order valence-electron chi connectivity index (χ1n) is 9.08. The van der Waals surface area contributed by atoms with Crippen molar-refractivity contribution in [2.45, 2.75) is 39.3 Å². The molecule has 1 aliphatic rings. The van der Waals surface area contributed by atoms with Crippen molar-refractivity contribution in [2.24, 2.45) is 0 Å². The zero-order valence-corrected chi connectivity index (χ0v) is 15.9. The standard InChI is InChI=1S/C19H31N3O3/c1-5-21(3)15(2)10-11-20-19(23)22-12-7-13-25-18-16(14-22)8-6-9-17(18)24-4/h6,8-9,15H,5,7,10-14H2,1-4H3,(H,20,23)/t15-/m0/s1. The Labute approximate surface area is 151 Å². The Morgan fingerprint density at radius 1 is 1.48 bits per heavy atom. The lowest BCUT2D eigenvalue weighted by Gasteiger charge is -2.28. The van der Waals surface area contributed by atoms with Crippen molar-refractivity contribution in [3.63, 3.8) is 0 Å². The highest BCUT2D eigenvalue weighted by atomic mass is 16.5. The first-order valence-corrected chi connectivity index (χ1v) is 9.08. The number of hydrogen-bond donors (Lipinski definition) is 1. The second-order valence-electron chi connectivity index (χ2n) is 6.51. The number of carbonyl (C=O) groups excluding carboxylic acids is 1. The lowest BCUT2D eigenvalue weighted by atomic mass is 10.1. The highest BCUT2D eigenvalue weighted by Crippen LogP contribution is 2.33. The van der Waals surface area contributed by atoms with E-state index >= 15 is 0 Å². The third-order valence-electron chi connectivity index (χ3n) is 4.84. The molecule has 2 rings (SSSR count). The number of nitrogens with one attached hydrogen (secondary N) is 1. The fraction of sp³-hybridized carbons (Fsp3) is 0.632. The highest BCUT2D eigenvalue weighted by Gasteiger charge is 2.20. The summed E-state index contributed by atoms with van der Waals surface area (Å²) in [7, 11) is 3.74. The number of rotatable bonds is 6. The van der Waals surface area contributed by atoms with Gasteiger partial charge in [0, 0.05) is 24.7 Å². The number of ether oxygens (including phenoxy) is 2. The zero-order chi connectivity index (χ0) is 18.2. The number of carbonyl (C=O) groups is 1. The third-order valence-corrected chi connectivity index (χ3v) is 4.84. The van der Waals surface area contributed by atoms with Crippen LogP contribution in [0.25, 0.3) is 0 Å². The van der Waals surface area contributed by atoms with Crippen LogP contribution in [-0.4, -0.2) is 62.3 Å². The van der Waals surface area contributed by atoms with Crippen LogP contribution in [0.4, 0.5) is 4.79 Å². The summed E-state index contributed by atoms with van der Waals surface area (Å²) in [6.45, 7) is 7.82. The second kappa shape index (κ2) is 9.51. The van der Waals surface area contributed by atoms with Crippen LogP contribution in [0.1, 0.15) is 32.3 Å². The molecule has 1 aromatic carbocycles. The van der Waals surface area contributed by atoms with Crippen molar-refractivity contribution in [1.82, 2.24) is 15.1 Å². The Bertz CT molecular complexity index is 565. The van der Waals surface area contributed by atoms with E-state index in [0.29, 0.717) is 32.3 Å². The lowest BCUT2D eigenvalue weighted by Crippen LogP contribution is -2.42. The monoisotopic (exact) mass is 349 g/mol. The van der Waals surface area contributed by atoms with Crippen molar-refractivity contribution >= 4 is 6.03 Å². The average Bonchev–Trinajstić information content (AvgIpc) is 2.60. The topological polar surface area (TPSA) is 54.0 Å². The van der Waals surface area contributed by atoms with Crippen LogP contribution < -0.4 is 14.8 Å². The fourth-order valence-electron chi connectivity index (χ4n) is 2.93. The molecule has 0 unspecified atom stereocenters. The van der Waals surface area contributed by atoms with Crippen LogP contribution in [0.3, 0.4) is 0 Å². The van der Waals surface area contributed by atoms with Crippen molar-refractivity contribution in [3.05, 3.63) is 23.8 Å². The van der Waals surface area contributed by atoms with E-state index in [4.69, 9.17) is 9.47 Å². The number of nitrogens with zero attached hydrogens (tertiary/aromatic N) is 2. The van der Waals surface area contributed by atoms with Crippen LogP contribution in [0, 0.1) is 0 Å². The van der Waals surface area contributed by atoms with Gasteiger partial charge in [-0.3, -0.25) is 0 Å². The summed E-state index contributed by atoms with van der Waals surface area (Å²) >= 11 is 0. The molecule has 1 heterocycles. The molecule has 0 bridgehead atoms. The average molecular weight is 349 g/mol. The molecule has 0 saturated carbocycles. The van der Waals surface area contributed by atoms with Crippen molar-refractivity contribution in [2.75, 3.05) is 40.4 Å². The quantitative estimate of drug-likeness (QED) is 0.858. The van der Waals surface area contributed by atoms with Crippen LogP contribution in [0.2, 0.25) is 0 Å². The van der Waals surface area contributed by atoms with E-state index in [-0.39, 0.29) is 6.03 Å². The third kappa shape index (κ3) is 5.26. The predicted octanol–water partition coefficient (Wildman–Crippen LogP) is 2.72. The van der Waals surface area contributed by atoms with Gasteiger partial charge in [-0.2, -0.15) is 0 Å². The van der Waals surface area contributed by atoms with Gasteiger partial charge < -0.3 is 24.6 Å². The molecule has 2 amide bonds. The van der Waals surface area contributed by atoms with Crippen molar-refractivity contribution in [3.8, 4) is 11.5 Å². The number of para-hydroxylation sites is 1. The highest BCUT2D eigenvalue weighted by molar-refractivity contribution is 5.74. The maximum Gasteiger partial charge on any atom is 0.317 e. The number of amides is 2. The van der Waals surface area contributed by atoms with Gasteiger partial charge in [0.1, 0.15) is 0 Å². The van der Waals surface area contributed by atoms with Gasteiger partial charge in [-0.05, 0) is 39.4 Å². The number of urea groups is 1. The van der Waals surface area contributed by atoms with Crippen molar-refractivity contribution in [1.29, 1.82) is 0 Å². The molecule has 1 aliphatic heterocycles. The van der Waals surface area contributed by atoms with Gasteiger partial charge in [-0.25, -0.2) is 4.79 Å². The summed E-state index contributed by atoms with van der Waals surface area (Å²) in [6.07, 6.45) is 1.75. The molecule has 0 spiro atoms. The van der Waals surface area contributed by atoms with Gasteiger partial charge in [-0.1, -0.05) is 19.1 Å². The summed E-state index contributed by atoms with van der Waals surface area (Å²) in [4.78, 5) is 16.7. The first-order chi connectivity index (χ1) is 12.1. The molecule has 1 N–H and O–H groups in total. The molecule has 140 valence electrons. The minimum Gasteiger partial charge on any atom is -0.493 e. The summed E-state index contributed by atoms with van der Waals surface area (Å²) in [5.74, 6) is 1.47. The Balaban J connectivity index is 1.95. The SMILES string of the molecule is CCN(C)[C@@H](C)CCNC(=O)N1CCCOc2c(cccc2OC)C1. The number of hydrogen-bond acceptors (Lipinski definition) is 4. The summed E-state index contributed by atoms with van der Waals surface area (Å²) in [6, 6.07) is 6.25. The van der Waals surface area contributed by atoms with Gasteiger partial charge in [0.05, 0.1) is 20.3 Å². The second-order valence-corrected chi connectivity index (χ2v) is 6.51. The Hall–Kier alpha value is -1.95. The van der Waals surface area contributed by atoms with E-state index in [0.717, 1.165) is 36.4 Å². The minimum absolute atomic E-state index is 0.0120. The Morgan fingerprint density at radius 3 is 3.00 bits per heavy atom. The zero-order valence-electron chi connectivity index (χ0n) is 15.9. The molecule has 0 saturated heterocycles. The van der Waals surface area contributed by atoms with E-state index in [1.807, 2.05) is 23.1 Å². The summed E-state index contributed by atoms with van der Waals surface area (Å²) in [5.41, 5.74) is 0.980. The normalized spacial score (nSPS) is 15.6. The van der Waals surface area contributed by atoms with Gasteiger partial charge in [0.25, 0.3) is 0 Å². The largest absolute Gasteiger partial charge is 0.493 e. The minimum atomic E-state index is -0.0120. The van der Waals surface area contributed by atoms with Crippen molar-refractivity contribution < 1.29 is 14.3 Å². The van der Waals surface area contributed by atoms with Gasteiger partial charge in [0.2, 0.25) is 0 Å². The van der Waals surface area contributed by atoms with Crippen LogP contribution in [-0.2, 0) is 6.54 Å². The molecule has 0 aromatic heterocycles. The molecule has 0 radical (unpaired) electrons. The molecule has 0 aliphatic carbocycles. The van der Waals surface area contributed by atoms with E-state index in [2.05, 4.69) is 31.1 Å². The molecule has 25 heavy (non-hydrogen) atoms. The summed E-state index contributed by atoms with van der Waals surface area (Å²) < 4.78 is 11.2. The van der Waals surface area contributed by atoms with Gasteiger partial charge in [-0.15, -0.1) is 0 Å².